The molecule has 21 heavy (non-hydrogen) atoms. The van der Waals surface area contributed by atoms with Gasteiger partial charge in [-0.05, 0) is 37.1 Å². The van der Waals surface area contributed by atoms with E-state index in [4.69, 9.17) is 5.73 Å². The fraction of sp³-hybridized carbons (Fsp3) is 0.389. The maximum absolute atomic E-state index is 6.03. The highest BCUT2D eigenvalue weighted by Gasteiger charge is 2.30. The summed E-state index contributed by atoms with van der Waals surface area (Å²) >= 11 is 0. The van der Waals surface area contributed by atoms with Crippen LogP contribution in [0, 0.1) is 0 Å². The summed E-state index contributed by atoms with van der Waals surface area (Å²) in [6.07, 6.45) is 5.59. The summed E-state index contributed by atoms with van der Waals surface area (Å²) in [5.41, 5.74) is 8.44. The zero-order valence-corrected chi connectivity index (χ0v) is 12.4. The predicted molar refractivity (Wildman–Crippen MR) is 85.9 cm³/mol. The molecule has 1 aromatic carbocycles. The second-order valence-corrected chi connectivity index (χ2v) is 5.69. The van der Waals surface area contributed by atoms with Gasteiger partial charge in [-0.15, -0.1) is 0 Å². The van der Waals surface area contributed by atoms with Gasteiger partial charge < -0.3 is 5.73 Å². The zero-order chi connectivity index (χ0) is 14.5. The molecule has 3 rings (SSSR count). The second kappa shape index (κ2) is 6.83. The average Bonchev–Trinajstić information content (AvgIpc) is 2.58. The molecule has 1 aromatic heterocycles. The summed E-state index contributed by atoms with van der Waals surface area (Å²) in [6.45, 7) is 1.81. The van der Waals surface area contributed by atoms with Gasteiger partial charge >= 0.3 is 0 Å². The molecule has 1 aliphatic heterocycles. The number of aromatic nitrogens is 1. The Balaban J connectivity index is 2.00. The molecule has 0 amide bonds. The van der Waals surface area contributed by atoms with Gasteiger partial charge in [-0.25, -0.2) is 0 Å². The first-order valence-corrected chi connectivity index (χ1v) is 7.82. The molecule has 1 aliphatic rings. The van der Waals surface area contributed by atoms with Crippen LogP contribution in [0.4, 0.5) is 0 Å². The fourth-order valence-corrected chi connectivity index (χ4v) is 3.32. The van der Waals surface area contributed by atoms with Crippen LogP contribution >= 0.6 is 0 Å². The van der Waals surface area contributed by atoms with E-state index in [0.717, 1.165) is 18.8 Å². The Morgan fingerprint density at radius 2 is 1.90 bits per heavy atom. The summed E-state index contributed by atoms with van der Waals surface area (Å²) < 4.78 is 0. The molecule has 3 nitrogen and oxygen atoms in total. The lowest BCUT2D eigenvalue weighted by Gasteiger charge is -2.40. The fourth-order valence-electron chi connectivity index (χ4n) is 3.32. The Morgan fingerprint density at radius 1 is 1.10 bits per heavy atom. The van der Waals surface area contributed by atoms with Crippen molar-refractivity contribution in [1.29, 1.82) is 0 Å². The van der Waals surface area contributed by atoms with Crippen LogP contribution in [0.5, 0.6) is 0 Å². The monoisotopic (exact) mass is 281 g/mol. The van der Waals surface area contributed by atoms with Gasteiger partial charge in [-0.2, -0.15) is 0 Å². The van der Waals surface area contributed by atoms with Gasteiger partial charge in [0, 0.05) is 18.8 Å². The number of nitrogens with zero attached hydrogens (tertiary/aromatic N) is 2. The van der Waals surface area contributed by atoms with Crippen molar-refractivity contribution in [1.82, 2.24) is 9.88 Å². The molecule has 1 saturated heterocycles. The molecular formula is C18H23N3. The van der Waals surface area contributed by atoms with Crippen molar-refractivity contribution in [2.45, 2.75) is 31.3 Å². The van der Waals surface area contributed by atoms with Crippen molar-refractivity contribution in [3.05, 3.63) is 66.0 Å². The van der Waals surface area contributed by atoms with Crippen molar-refractivity contribution in [3.8, 4) is 0 Å². The summed E-state index contributed by atoms with van der Waals surface area (Å²) in [5.74, 6) is 0. The minimum absolute atomic E-state index is 0.209. The molecule has 0 aliphatic carbocycles. The standard InChI is InChI=1S/C18H23N3/c19-14-16-10-5-7-13-21(16)18(15-8-2-1-3-9-15)17-11-4-6-12-20-17/h1-4,6,8-9,11-12,16,18H,5,7,10,13-14,19H2. The number of rotatable bonds is 4. The minimum Gasteiger partial charge on any atom is -0.329 e. The quantitative estimate of drug-likeness (QED) is 0.937. The molecule has 2 atom stereocenters. The molecule has 0 spiro atoms. The van der Waals surface area contributed by atoms with Crippen molar-refractivity contribution in [3.63, 3.8) is 0 Å². The predicted octanol–water partition coefficient (Wildman–Crippen LogP) is 2.98. The molecule has 2 N–H and O–H groups in total. The molecule has 3 heteroatoms. The molecule has 110 valence electrons. The molecule has 2 aromatic rings. The van der Waals surface area contributed by atoms with Crippen LogP contribution < -0.4 is 5.73 Å². The van der Waals surface area contributed by atoms with Crippen LogP contribution in [-0.2, 0) is 0 Å². The van der Waals surface area contributed by atoms with Crippen molar-refractivity contribution >= 4 is 0 Å². The summed E-state index contributed by atoms with van der Waals surface area (Å²) in [6, 6.07) is 17.5. The Bertz CT molecular complexity index is 501. The molecule has 0 radical (unpaired) electrons. The molecule has 2 unspecified atom stereocenters. The molecule has 1 fully saturated rings. The molecule has 0 bridgehead atoms. The van der Waals surface area contributed by atoms with Gasteiger partial charge in [-0.1, -0.05) is 42.8 Å². The van der Waals surface area contributed by atoms with Crippen LogP contribution in [0.25, 0.3) is 0 Å². The van der Waals surface area contributed by atoms with Crippen LogP contribution in [0.3, 0.4) is 0 Å². The van der Waals surface area contributed by atoms with Gasteiger partial charge in [0.1, 0.15) is 0 Å². The number of hydrogen-bond acceptors (Lipinski definition) is 3. The normalized spacial score (nSPS) is 21.1. The number of piperidine rings is 1. The van der Waals surface area contributed by atoms with E-state index >= 15 is 0 Å². The van der Waals surface area contributed by atoms with E-state index in [1.165, 1.54) is 24.8 Å². The van der Waals surface area contributed by atoms with Gasteiger partial charge in [0.25, 0.3) is 0 Å². The number of pyridine rings is 1. The van der Waals surface area contributed by atoms with E-state index in [0.29, 0.717) is 6.04 Å². The Kier molecular flexibility index (Phi) is 4.63. The van der Waals surface area contributed by atoms with Gasteiger partial charge in [0.15, 0.2) is 0 Å². The maximum atomic E-state index is 6.03. The Morgan fingerprint density at radius 3 is 2.62 bits per heavy atom. The lowest BCUT2D eigenvalue weighted by atomic mass is 9.94. The highest BCUT2D eigenvalue weighted by atomic mass is 15.2. The summed E-state index contributed by atoms with van der Waals surface area (Å²) in [7, 11) is 0. The van der Waals surface area contributed by atoms with Crippen molar-refractivity contribution < 1.29 is 0 Å². The van der Waals surface area contributed by atoms with Crippen LogP contribution in [0.2, 0.25) is 0 Å². The smallest absolute Gasteiger partial charge is 0.0779 e. The van der Waals surface area contributed by atoms with Gasteiger partial charge in [0.05, 0.1) is 11.7 Å². The highest BCUT2D eigenvalue weighted by molar-refractivity contribution is 5.28. The van der Waals surface area contributed by atoms with Crippen molar-refractivity contribution in [2.24, 2.45) is 5.73 Å². The maximum Gasteiger partial charge on any atom is 0.0779 e. The van der Waals surface area contributed by atoms with Gasteiger partial charge in [-0.3, -0.25) is 9.88 Å². The first kappa shape index (κ1) is 14.2. The second-order valence-electron chi connectivity index (χ2n) is 5.69. The van der Waals surface area contributed by atoms with E-state index in [1.54, 1.807) is 0 Å². The SMILES string of the molecule is NCC1CCCCN1C(c1ccccc1)c1ccccn1. The third kappa shape index (κ3) is 3.14. The molecule has 2 heterocycles. The highest BCUT2D eigenvalue weighted by Crippen LogP contribution is 2.32. The van der Waals surface area contributed by atoms with Crippen LogP contribution in [-0.4, -0.2) is 29.0 Å². The van der Waals surface area contributed by atoms with Crippen molar-refractivity contribution in [2.75, 3.05) is 13.1 Å². The average molecular weight is 281 g/mol. The van der Waals surface area contributed by atoms with E-state index in [9.17, 15) is 0 Å². The molecular weight excluding hydrogens is 258 g/mol. The first-order valence-electron chi connectivity index (χ1n) is 7.82. The van der Waals surface area contributed by atoms with E-state index in [1.807, 2.05) is 12.3 Å². The third-order valence-electron chi connectivity index (χ3n) is 4.36. The number of likely N-dealkylation sites (tertiary alicyclic amines) is 1. The van der Waals surface area contributed by atoms with Crippen LogP contribution in [0.15, 0.2) is 54.7 Å². The number of hydrogen-bond donors (Lipinski definition) is 1. The van der Waals surface area contributed by atoms with E-state index in [-0.39, 0.29) is 6.04 Å². The lowest BCUT2D eigenvalue weighted by Crippen LogP contribution is -2.46. The number of benzene rings is 1. The largest absolute Gasteiger partial charge is 0.329 e. The Labute approximate surface area is 126 Å². The van der Waals surface area contributed by atoms with E-state index < -0.39 is 0 Å². The van der Waals surface area contributed by atoms with E-state index in [2.05, 4.69) is 52.3 Å². The summed E-state index contributed by atoms with van der Waals surface area (Å²) in [5, 5.41) is 0. The first-order chi connectivity index (χ1) is 10.4. The Hall–Kier alpha value is -1.71. The van der Waals surface area contributed by atoms with Crippen LogP contribution in [0.1, 0.15) is 36.6 Å². The zero-order valence-electron chi connectivity index (χ0n) is 12.4. The number of nitrogens with two attached hydrogens (primary N) is 1. The lowest BCUT2D eigenvalue weighted by molar-refractivity contribution is 0.116. The van der Waals surface area contributed by atoms with Gasteiger partial charge in [0.2, 0.25) is 0 Å². The summed E-state index contributed by atoms with van der Waals surface area (Å²) in [4.78, 5) is 7.16. The topological polar surface area (TPSA) is 42.1 Å². The minimum atomic E-state index is 0.209. The third-order valence-corrected chi connectivity index (χ3v) is 4.36. The molecule has 0 saturated carbocycles.